The van der Waals surface area contributed by atoms with E-state index in [9.17, 15) is 4.79 Å². The first-order valence-corrected chi connectivity index (χ1v) is 9.69. The highest BCUT2D eigenvalue weighted by atomic mass is 16.5. The Labute approximate surface area is 170 Å². The predicted octanol–water partition coefficient (Wildman–Crippen LogP) is 5.04. The Morgan fingerprint density at radius 3 is 2.62 bits per heavy atom. The normalized spacial score (nSPS) is 10.8. The number of rotatable bonds is 6. The summed E-state index contributed by atoms with van der Waals surface area (Å²) < 4.78 is 7.83. The van der Waals surface area contributed by atoms with E-state index in [1.165, 1.54) is 5.56 Å². The van der Waals surface area contributed by atoms with E-state index < -0.39 is 0 Å². The molecule has 0 aliphatic rings. The number of anilines is 1. The summed E-state index contributed by atoms with van der Waals surface area (Å²) in [6, 6.07) is 19.0. The van der Waals surface area contributed by atoms with Gasteiger partial charge < -0.3 is 14.5 Å². The van der Waals surface area contributed by atoms with E-state index in [0.29, 0.717) is 17.9 Å². The largest absolute Gasteiger partial charge is 0.487 e. The second-order valence-electron chi connectivity index (χ2n) is 6.98. The van der Waals surface area contributed by atoms with Crippen LogP contribution in [0, 0.1) is 6.92 Å². The van der Waals surface area contributed by atoms with Gasteiger partial charge in [-0.05, 0) is 60.9 Å². The van der Waals surface area contributed by atoms with E-state index in [-0.39, 0.29) is 5.91 Å². The van der Waals surface area contributed by atoms with Gasteiger partial charge in [-0.2, -0.15) is 0 Å². The average Bonchev–Trinajstić information content (AvgIpc) is 3.15. The lowest BCUT2D eigenvalue weighted by molar-refractivity contribution is 0.102. The van der Waals surface area contributed by atoms with E-state index in [1.807, 2.05) is 60.1 Å². The summed E-state index contributed by atoms with van der Waals surface area (Å²) in [4.78, 5) is 17.1. The maximum absolute atomic E-state index is 12.5. The summed E-state index contributed by atoms with van der Waals surface area (Å²) in [6.07, 6.45) is 4.87. The van der Waals surface area contributed by atoms with Crippen molar-refractivity contribution >= 4 is 17.2 Å². The number of pyridine rings is 1. The van der Waals surface area contributed by atoms with Crippen molar-refractivity contribution in [1.29, 1.82) is 0 Å². The first-order chi connectivity index (χ1) is 14.1. The Morgan fingerprint density at radius 1 is 1.03 bits per heavy atom. The van der Waals surface area contributed by atoms with Gasteiger partial charge in [-0.1, -0.05) is 31.2 Å². The minimum Gasteiger partial charge on any atom is -0.487 e. The van der Waals surface area contributed by atoms with Crippen LogP contribution < -0.4 is 10.1 Å². The number of hydrogen-bond acceptors (Lipinski definition) is 3. The summed E-state index contributed by atoms with van der Waals surface area (Å²) in [5.41, 5.74) is 5.48. The SMILES string of the molecule is CCc1ccccc1NC(=O)c1ccc(OCc2cn3cc(C)ccc3n2)cc1. The molecule has 2 heterocycles. The van der Waals surface area contributed by atoms with Crippen LogP contribution in [0.25, 0.3) is 5.65 Å². The number of para-hydroxylation sites is 1. The molecule has 1 N–H and O–H groups in total. The molecule has 0 aliphatic heterocycles. The predicted molar refractivity (Wildman–Crippen MR) is 114 cm³/mol. The van der Waals surface area contributed by atoms with Crippen LogP contribution in [0.1, 0.15) is 34.1 Å². The Kier molecular flexibility index (Phi) is 5.29. The fraction of sp³-hybridized carbons (Fsp3) is 0.167. The first-order valence-electron chi connectivity index (χ1n) is 9.69. The number of carbonyl (C=O) groups excluding carboxylic acids is 1. The lowest BCUT2D eigenvalue weighted by Crippen LogP contribution is -2.13. The number of nitrogens with one attached hydrogen (secondary N) is 1. The number of aryl methyl sites for hydroxylation is 2. The molecule has 146 valence electrons. The molecule has 2 aromatic heterocycles. The molecule has 29 heavy (non-hydrogen) atoms. The van der Waals surface area contributed by atoms with Crippen molar-refractivity contribution in [2.45, 2.75) is 26.9 Å². The summed E-state index contributed by atoms with van der Waals surface area (Å²) in [6.45, 7) is 4.49. The summed E-state index contributed by atoms with van der Waals surface area (Å²) in [5.74, 6) is 0.567. The van der Waals surface area contributed by atoms with E-state index in [0.717, 1.165) is 29.0 Å². The van der Waals surface area contributed by atoms with Gasteiger partial charge in [0.1, 0.15) is 18.0 Å². The van der Waals surface area contributed by atoms with Crippen molar-refractivity contribution in [1.82, 2.24) is 9.38 Å². The molecule has 0 spiro atoms. The third-order valence-electron chi connectivity index (χ3n) is 4.80. The van der Waals surface area contributed by atoms with Crippen molar-refractivity contribution in [3.63, 3.8) is 0 Å². The highest BCUT2D eigenvalue weighted by Crippen LogP contribution is 2.19. The number of imidazole rings is 1. The summed E-state index contributed by atoms with van der Waals surface area (Å²) >= 11 is 0. The number of benzene rings is 2. The number of fused-ring (bicyclic) bond motifs is 1. The van der Waals surface area contributed by atoms with Crippen molar-refractivity contribution < 1.29 is 9.53 Å². The summed E-state index contributed by atoms with van der Waals surface area (Å²) in [5, 5.41) is 2.98. The molecular weight excluding hydrogens is 362 g/mol. The van der Waals surface area contributed by atoms with Gasteiger partial charge in [0.15, 0.2) is 0 Å². The van der Waals surface area contributed by atoms with Gasteiger partial charge in [-0.3, -0.25) is 4.79 Å². The highest BCUT2D eigenvalue weighted by Gasteiger charge is 2.09. The van der Waals surface area contributed by atoms with Crippen LogP contribution in [0.5, 0.6) is 5.75 Å². The number of carbonyl (C=O) groups is 1. The number of ether oxygens (including phenoxy) is 1. The number of hydrogen-bond donors (Lipinski definition) is 1. The molecular formula is C24H23N3O2. The molecule has 0 saturated heterocycles. The molecule has 4 aromatic rings. The topological polar surface area (TPSA) is 55.6 Å². The number of nitrogens with zero attached hydrogens (tertiary/aromatic N) is 2. The monoisotopic (exact) mass is 385 g/mol. The Balaban J connectivity index is 1.40. The van der Waals surface area contributed by atoms with E-state index in [1.54, 1.807) is 24.3 Å². The van der Waals surface area contributed by atoms with Gasteiger partial charge in [0.05, 0.1) is 5.69 Å². The molecule has 0 radical (unpaired) electrons. The fourth-order valence-corrected chi connectivity index (χ4v) is 3.23. The molecule has 4 rings (SSSR count). The molecule has 0 unspecified atom stereocenters. The molecule has 0 fully saturated rings. The van der Waals surface area contributed by atoms with Crippen molar-refractivity contribution in [2.75, 3.05) is 5.32 Å². The summed E-state index contributed by atoms with van der Waals surface area (Å²) in [7, 11) is 0. The van der Waals surface area contributed by atoms with Crippen LogP contribution in [0.3, 0.4) is 0 Å². The Morgan fingerprint density at radius 2 is 1.83 bits per heavy atom. The van der Waals surface area contributed by atoms with Gasteiger partial charge in [-0.25, -0.2) is 4.98 Å². The van der Waals surface area contributed by atoms with Gasteiger partial charge in [0.2, 0.25) is 0 Å². The van der Waals surface area contributed by atoms with Gasteiger partial charge in [-0.15, -0.1) is 0 Å². The van der Waals surface area contributed by atoms with Gasteiger partial charge in [0, 0.05) is 23.6 Å². The van der Waals surface area contributed by atoms with Gasteiger partial charge >= 0.3 is 0 Å². The molecule has 0 atom stereocenters. The highest BCUT2D eigenvalue weighted by molar-refractivity contribution is 6.04. The minimum atomic E-state index is -0.131. The molecule has 0 bridgehead atoms. The molecule has 5 nitrogen and oxygen atoms in total. The molecule has 1 amide bonds. The van der Waals surface area contributed by atoms with Crippen molar-refractivity contribution in [3.8, 4) is 5.75 Å². The van der Waals surface area contributed by atoms with Gasteiger partial charge in [0.25, 0.3) is 5.91 Å². The van der Waals surface area contributed by atoms with Crippen molar-refractivity contribution in [3.05, 3.63) is 95.4 Å². The maximum Gasteiger partial charge on any atom is 0.255 e. The van der Waals surface area contributed by atoms with Crippen molar-refractivity contribution in [2.24, 2.45) is 0 Å². The van der Waals surface area contributed by atoms with E-state index in [4.69, 9.17) is 4.74 Å². The number of aromatic nitrogens is 2. The van der Waals surface area contributed by atoms with E-state index >= 15 is 0 Å². The maximum atomic E-state index is 12.5. The first kappa shape index (κ1) is 18.7. The van der Waals surface area contributed by atoms with Crippen LogP contribution >= 0.6 is 0 Å². The zero-order valence-corrected chi connectivity index (χ0v) is 16.6. The second-order valence-corrected chi connectivity index (χ2v) is 6.98. The second kappa shape index (κ2) is 8.19. The molecule has 0 aliphatic carbocycles. The lowest BCUT2D eigenvalue weighted by atomic mass is 10.1. The fourth-order valence-electron chi connectivity index (χ4n) is 3.23. The third kappa shape index (κ3) is 4.29. The zero-order valence-electron chi connectivity index (χ0n) is 16.6. The molecule has 0 saturated carbocycles. The zero-order chi connectivity index (χ0) is 20.2. The quantitative estimate of drug-likeness (QED) is 0.506. The van der Waals surface area contributed by atoms with E-state index in [2.05, 4.69) is 17.2 Å². The molecule has 5 heteroatoms. The Hall–Kier alpha value is -3.60. The lowest BCUT2D eigenvalue weighted by Gasteiger charge is -2.10. The van der Waals surface area contributed by atoms with Crippen LogP contribution in [-0.2, 0) is 13.0 Å². The van der Waals surface area contributed by atoms with Crippen LogP contribution in [0.15, 0.2) is 73.1 Å². The molecule has 2 aromatic carbocycles. The Bertz CT molecular complexity index is 1150. The average molecular weight is 385 g/mol. The smallest absolute Gasteiger partial charge is 0.255 e. The third-order valence-corrected chi connectivity index (χ3v) is 4.80. The van der Waals surface area contributed by atoms with Crippen LogP contribution in [0.2, 0.25) is 0 Å². The van der Waals surface area contributed by atoms with Crippen LogP contribution in [0.4, 0.5) is 5.69 Å². The van der Waals surface area contributed by atoms with Crippen LogP contribution in [-0.4, -0.2) is 15.3 Å². The number of amides is 1. The standard InChI is InChI=1S/C24H23N3O2/c1-3-18-6-4-5-7-22(18)26-24(28)19-9-11-21(12-10-19)29-16-20-15-27-14-17(2)8-13-23(27)25-20/h4-15H,3,16H2,1-2H3,(H,26,28). The minimum absolute atomic E-state index is 0.131.